The minimum absolute atomic E-state index is 0.0962. The molecule has 0 aliphatic heterocycles. The third-order valence-electron chi connectivity index (χ3n) is 3.62. The lowest BCUT2D eigenvalue weighted by Crippen LogP contribution is -1.97. The Kier molecular flexibility index (Phi) is 3.57. The number of hydrogen-bond donors (Lipinski definition) is 2. The molecule has 0 radical (unpaired) electrons. The summed E-state index contributed by atoms with van der Waals surface area (Å²) in [6, 6.07) is 9.27. The molecule has 4 aromatic rings. The summed E-state index contributed by atoms with van der Waals surface area (Å²) >= 11 is 0. The van der Waals surface area contributed by atoms with Gasteiger partial charge < -0.3 is 5.32 Å². The highest BCUT2D eigenvalue weighted by Gasteiger charge is 2.18. The molecule has 0 spiro atoms. The fraction of sp³-hybridized carbons (Fsp3) is 0. The van der Waals surface area contributed by atoms with Gasteiger partial charge in [0.15, 0.2) is 5.65 Å². The number of nitrogens with one attached hydrogen (secondary N) is 2. The lowest BCUT2D eigenvalue weighted by Gasteiger charge is -2.04. The number of anilines is 2. The van der Waals surface area contributed by atoms with Crippen LogP contribution in [-0.4, -0.2) is 20.2 Å². The topological polar surface area (TPSA) is 66.5 Å². The molecule has 0 saturated carbocycles. The first kappa shape index (κ1) is 15.1. The molecule has 2 heterocycles. The largest absolute Gasteiger partial charge is 0.324 e. The molecule has 2 aromatic carbocycles. The SMILES string of the molecule is Fc1ccc(Nc2ncc3c(-c4c(F)cccc4F)n[nH]c3n2)cc1. The molecule has 4 rings (SSSR count). The normalized spacial score (nSPS) is 11.0. The predicted molar refractivity (Wildman–Crippen MR) is 86.7 cm³/mol. The Morgan fingerprint density at radius 2 is 1.64 bits per heavy atom. The Balaban J connectivity index is 1.73. The number of halogens is 3. The van der Waals surface area contributed by atoms with E-state index < -0.39 is 11.6 Å². The summed E-state index contributed by atoms with van der Waals surface area (Å²) in [5.74, 6) is -1.56. The summed E-state index contributed by atoms with van der Waals surface area (Å²) in [6.45, 7) is 0. The molecule has 0 aliphatic carbocycles. The van der Waals surface area contributed by atoms with Gasteiger partial charge in [0.05, 0.1) is 10.9 Å². The molecule has 124 valence electrons. The molecule has 5 nitrogen and oxygen atoms in total. The monoisotopic (exact) mass is 341 g/mol. The number of fused-ring (bicyclic) bond motifs is 1. The van der Waals surface area contributed by atoms with Crippen molar-refractivity contribution >= 4 is 22.7 Å². The highest BCUT2D eigenvalue weighted by atomic mass is 19.1. The van der Waals surface area contributed by atoms with Crippen LogP contribution in [-0.2, 0) is 0 Å². The molecule has 0 saturated heterocycles. The average molecular weight is 341 g/mol. The van der Waals surface area contributed by atoms with Crippen molar-refractivity contribution in [3.63, 3.8) is 0 Å². The van der Waals surface area contributed by atoms with E-state index in [2.05, 4.69) is 25.5 Å². The fourth-order valence-corrected chi connectivity index (χ4v) is 2.45. The van der Waals surface area contributed by atoms with E-state index in [1.54, 1.807) is 0 Å². The van der Waals surface area contributed by atoms with Gasteiger partial charge in [-0.3, -0.25) is 5.10 Å². The van der Waals surface area contributed by atoms with Gasteiger partial charge in [-0.1, -0.05) is 6.07 Å². The molecule has 2 N–H and O–H groups in total. The van der Waals surface area contributed by atoms with E-state index >= 15 is 0 Å². The Morgan fingerprint density at radius 3 is 2.36 bits per heavy atom. The summed E-state index contributed by atoms with van der Waals surface area (Å²) in [6.07, 6.45) is 1.42. The van der Waals surface area contributed by atoms with Gasteiger partial charge in [0.25, 0.3) is 0 Å². The molecule has 0 unspecified atom stereocenters. The number of H-pyrrole nitrogens is 1. The van der Waals surface area contributed by atoms with Crippen LogP contribution in [0.2, 0.25) is 0 Å². The van der Waals surface area contributed by atoms with Crippen molar-refractivity contribution in [1.82, 2.24) is 20.2 Å². The van der Waals surface area contributed by atoms with E-state index in [1.807, 2.05) is 0 Å². The molecule has 0 aliphatic rings. The van der Waals surface area contributed by atoms with E-state index in [-0.39, 0.29) is 23.0 Å². The minimum atomic E-state index is -0.720. The van der Waals surface area contributed by atoms with E-state index in [0.717, 1.165) is 12.1 Å². The first-order valence-electron chi connectivity index (χ1n) is 7.30. The highest BCUT2D eigenvalue weighted by Crippen LogP contribution is 2.30. The van der Waals surface area contributed by atoms with Crippen molar-refractivity contribution in [2.45, 2.75) is 0 Å². The molecule has 8 heteroatoms. The maximum absolute atomic E-state index is 14.0. The first-order chi connectivity index (χ1) is 12.1. The predicted octanol–water partition coefficient (Wildman–Crippen LogP) is 4.18. The first-order valence-corrected chi connectivity index (χ1v) is 7.30. The van der Waals surface area contributed by atoms with Crippen LogP contribution in [0.1, 0.15) is 0 Å². The third kappa shape index (κ3) is 2.78. The van der Waals surface area contributed by atoms with Crippen molar-refractivity contribution in [3.05, 3.63) is 66.1 Å². The van der Waals surface area contributed by atoms with Crippen LogP contribution in [0.3, 0.4) is 0 Å². The van der Waals surface area contributed by atoms with Crippen LogP contribution in [0.5, 0.6) is 0 Å². The van der Waals surface area contributed by atoms with Crippen LogP contribution < -0.4 is 5.32 Å². The van der Waals surface area contributed by atoms with E-state index in [9.17, 15) is 13.2 Å². The highest BCUT2D eigenvalue weighted by molar-refractivity contribution is 5.91. The zero-order chi connectivity index (χ0) is 17.4. The second-order valence-corrected chi connectivity index (χ2v) is 5.26. The van der Waals surface area contributed by atoms with Crippen LogP contribution in [0, 0.1) is 17.5 Å². The molecule has 0 bridgehead atoms. The van der Waals surface area contributed by atoms with Crippen molar-refractivity contribution < 1.29 is 13.2 Å². The molecule has 25 heavy (non-hydrogen) atoms. The van der Waals surface area contributed by atoms with E-state index in [4.69, 9.17) is 0 Å². The average Bonchev–Trinajstić information content (AvgIpc) is 3.00. The number of hydrogen-bond acceptors (Lipinski definition) is 4. The summed E-state index contributed by atoms with van der Waals surface area (Å²) < 4.78 is 40.9. The van der Waals surface area contributed by atoms with Crippen molar-refractivity contribution in [2.75, 3.05) is 5.32 Å². The van der Waals surface area contributed by atoms with Gasteiger partial charge in [0, 0.05) is 11.9 Å². The van der Waals surface area contributed by atoms with Crippen LogP contribution >= 0.6 is 0 Å². The smallest absolute Gasteiger partial charge is 0.229 e. The fourth-order valence-electron chi connectivity index (χ4n) is 2.45. The van der Waals surface area contributed by atoms with Gasteiger partial charge in [0.1, 0.15) is 23.1 Å². The molecule has 2 aromatic heterocycles. The van der Waals surface area contributed by atoms with Crippen LogP contribution in [0.15, 0.2) is 48.7 Å². The third-order valence-corrected chi connectivity index (χ3v) is 3.62. The summed E-state index contributed by atoms with van der Waals surface area (Å²) in [7, 11) is 0. The van der Waals surface area contributed by atoms with Crippen molar-refractivity contribution in [1.29, 1.82) is 0 Å². The number of aromatic nitrogens is 4. The van der Waals surface area contributed by atoms with Gasteiger partial charge in [0.2, 0.25) is 5.95 Å². The molecule has 0 atom stereocenters. The van der Waals surface area contributed by atoms with Crippen LogP contribution in [0.25, 0.3) is 22.3 Å². The molecular weight excluding hydrogens is 331 g/mol. The maximum Gasteiger partial charge on any atom is 0.229 e. The molecule has 0 amide bonds. The van der Waals surface area contributed by atoms with Gasteiger partial charge in [-0.05, 0) is 36.4 Å². The Labute approximate surface area is 139 Å². The zero-order valence-electron chi connectivity index (χ0n) is 12.6. The quantitative estimate of drug-likeness (QED) is 0.587. The number of rotatable bonds is 3. The number of benzene rings is 2. The standard InChI is InChI=1S/C17H10F3N5/c18-9-4-6-10(7-5-9)22-17-21-8-11-15(24-25-16(11)23-17)14-12(19)2-1-3-13(14)20/h1-8H,(H2,21,22,23,24,25). The maximum atomic E-state index is 14.0. The zero-order valence-corrected chi connectivity index (χ0v) is 12.6. The lowest BCUT2D eigenvalue weighted by atomic mass is 10.1. The lowest BCUT2D eigenvalue weighted by molar-refractivity contribution is 0.589. The molecule has 0 fully saturated rings. The second kappa shape index (κ2) is 5.90. The van der Waals surface area contributed by atoms with Gasteiger partial charge in [-0.25, -0.2) is 18.2 Å². The van der Waals surface area contributed by atoms with E-state index in [0.29, 0.717) is 16.7 Å². The molecular formula is C17H10F3N5. The Hall–Kier alpha value is -3.42. The number of nitrogens with zero attached hydrogens (tertiary/aromatic N) is 3. The Bertz CT molecular complexity index is 1040. The number of aromatic amines is 1. The van der Waals surface area contributed by atoms with Crippen LogP contribution in [0.4, 0.5) is 24.8 Å². The minimum Gasteiger partial charge on any atom is -0.324 e. The summed E-state index contributed by atoms with van der Waals surface area (Å²) in [5, 5.41) is 9.90. The van der Waals surface area contributed by atoms with E-state index in [1.165, 1.54) is 36.5 Å². The van der Waals surface area contributed by atoms with Gasteiger partial charge in [-0.2, -0.15) is 10.1 Å². The summed E-state index contributed by atoms with van der Waals surface area (Å²) in [5.41, 5.74) is 0.772. The van der Waals surface area contributed by atoms with Crippen molar-refractivity contribution in [3.8, 4) is 11.3 Å². The van der Waals surface area contributed by atoms with Gasteiger partial charge >= 0.3 is 0 Å². The second-order valence-electron chi connectivity index (χ2n) is 5.26. The van der Waals surface area contributed by atoms with Gasteiger partial charge in [-0.15, -0.1) is 0 Å². The van der Waals surface area contributed by atoms with Crippen molar-refractivity contribution in [2.24, 2.45) is 0 Å². The summed E-state index contributed by atoms with van der Waals surface area (Å²) in [4.78, 5) is 8.34. The Morgan fingerprint density at radius 1 is 0.920 bits per heavy atom.